The van der Waals surface area contributed by atoms with Gasteiger partial charge in [0.15, 0.2) is 0 Å². The maximum absolute atomic E-state index is 8.51. The van der Waals surface area contributed by atoms with E-state index in [2.05, 4.69) is 25.2 Å². The van der Waals surface area contributed by atoms with Gasteiger partial charge < -0.3 is 0 Å². The van der Waals surface area contributed by atoms with Crippen LogP contribution in [0.2, 0.25) is 0 Å². The number of nitriles is 1. The Morgan fingerprint density at radius 2 is 1.26 bits per heavy atom. The Kier molecular flexibility index (Phi) is 11.3. The standard InChI is InChI=1S/C26H41N/c1-2-3-4-5-7-10-23-12-16-25(17-13-23)20-21-26-18-14-24(15-19-26)11-8-6-9-22-27/h6,8-9,11,20-21,23-26H,2-5,7,10,12-19H2,1H3. The van der Waals surface area contributed by atoms with Gasteiger partial charge in [0.2, 0.25) is 0 Å². The average molecular weight is 368 g/mol. The molecule has 1 heteroatoms. The summed E-state index contributed by atoms with van der Waals surface area (Å²) in [4.78, 5) is 0. The number of hydrogen-bond donors (Lipinski definition) is 0. The van der Waals surface area contributed by atoms with Gasteiger partial charge in [-0.05, 0) is 75.0 Å². The van der Waals surface area contributed by atoms with Crippen LogP contribution >= 0.6 is 0 Å². The molecule has 2 aliphatic carbocycles. The minimum atomic E-state index is 0.714. The van der Waals surface area contributed by atoms with Crippen LogP contribution in [0.15, 0.2) is 36.5 Å². The van der Waals surface area contributed by atoms with Crippen LogP contribution in [0.4, 0.5) is 0 Å². The van der Waals surface area contributed by atoms with E-state index < -0.39 is 0 Å². The van der Waals surface area contributed by atoms with Crippen molar-refractivity contribution in [3.05, 3.63) is 36.5 Å². The molecule has 0 aromatic heterocycles. The highest BCUT2D eigenvalue weighted by Gasteiger charge is 2.21. The van der Waals surface area contributed by atoms with Crippen molar-refractivity contribution in [2.24, 2.45) is 23.7 Å². The van der Waals surface area contributed by atoms with Crippen molar-refractivity contribution in [3.63, 3.8) is 0 Å². The van der Waals surface area contributed by atoms with E-state index in [4.69, 9.17) is 5.26 Å². The molecule has 2 saturated carbocycles. The van der Waals surface area contributed by atoms with Crippen molar-refractivity contribution in [3.8, 4) is 6.07 Å². The third-order valence-corrected chi connectivity index (χ3v) is 6.74. The molecule has 0 radical (unpaired) electrons. The minimum Gasteiger partial charge on any atom is -0.193 e. The summed E-state index contributed by atoms with van der Waals surface area (Å²) in [6.45, 7) is 2.30. The third kappa shape index (κ3) is 9.46. The van der Waals surface area contributed by atoms with Crippen molar-refractivity contribution in [2.45, 2.75) is 96.8 Å². The molecule has 0 N–H and O–H groups in total. The molecule has 1 nitrogen and oxygen atoms in total. The molecule has 0 aliphatic heterocycles. The van der Waals surface area contributed by atoms with Crippen molar-refractivity contribution in [1.82, 2.24) is 0 Å². The fourth-order valence-corrected chi connectivity index (χ4v) is 4.87. The van der Waals surface area contributed by atoms with Gasteiger partial charge in [-0.25, -0.2) is 0 Å². The Hall–Kier alpha value is -1.29. The molecule has 0 spiro atoms. The molecule has 2 fully saturated rings. The van der Waals surface area contributed by atoms with Crippen molar-refractivity contribution >= 4 is 0 Å². The molecule has 0 bridgehead atoms. The fourth-order valence-electron chi connectivity index (χ4n) is 4.87. The summed E-state index contributed by atoms with van der Waals surface area (Å²) in [5, 5.41) is 8.51. The molecule has 0 aromatic rings. The average Bonchev–Trinajstić information content (AvgIpc) is 2.71. The van der Waals surface area contributed by atoms with E-state index in [1.54, 1.807) is 6.08 Å². The summed E-state index contributed by atoms with van der Waals surface area (Å²) in [5.41, 5.74) is 0. The fraction of sp³-hybridized carbons (Fsp3) is 0.731. The zero-order valence-corrected chi connectivity index (χ0v) is 17.6. The molecule has 150 valence electrons. The van der Waals surface area contributed by atoms with Crippen LogP contribution in [0.5, 0.6) is 0 Å². The first kappa shape index (κ1) is 22.0. The van der Waals surface area contributed by atoms with Gasteiger partial charge in [-0.3, -0.25) is 0 Å². The molecular weight excluding hydrogens is 326 g/mol. The third-order valence-electron chi connectivity index (χ3n) is 6.74. The monoisotopic (exact) mass is 367 g/mol. The molecule has 27 heavy (non-hydrogen) atoms. The predicted molar refractivity (Wildman–Crippen MR) is 117 cm³/mol. The molecule has 0 saturated heterocycles. The highest BCUT2D eigenvalue weighted by molar-refractivity contribution is 5.12. The van der Waals surface area contributed by atoms with Gasteiger partial charge in [-0.2, -0.15) is 5.26 Å². The van der Waals surface area contributed by atoms with E-state index >= 15 is 0 Å². The normalized spacial score (nSPS) is 29.6. The number of rotatable bonds is 10. The molecule has 2 aliphatic rings. The summed E-state index contributed by atoms with van der Waals surface area (Å²) < 4.78 is 0. The van der Waals surface area contributed by atoms with Gasteiger partial charge in [-0.15, -0.1) is 0 Å². The number of allylic oxidation sites excluding steroid dienone is 6. The summed E-state index contributed by atoms with van der Waals surface area (Å²) >= 11 is 0. The van der Waals surface area contributed by atoms with Crippen molar-refractivity contribution < 1.29 is 0 Å². The second kappa shape index (κ2) is 13.8. The SMILES string of the molecule is CCCCCCCC1CCC(C=CC2CCC(C=CC=CC#N)CC2)CC1. The topological polar surface area (TPSA) is 23.8 Å². The second-order valence-corrected chi connectivity index (χ2v) is 8.92. The lowest BCUT2D eigenvalue weighted by Gasteiger charge is -2.28. The maximum atomic E-state index is 8.51. The Morgan fingerprint density at radius 3 is 1.85 bits per heavy atom. The number of hydrogen-bond acceptors (Lipinski definition) is 1. The molecule has 0 heterocycles. The molecule has 0 amide bonds. The van der Waals surface area contributed by atoms with Gasteiger partial charge in [0.1, 0.15) is 0 Å². The van der Waals surface area contributed by atoms with Crippen molar-refractivity contribution in [2.75, 3.05) is 0 Å². The van der Waals surface area contributed by atoms with Crippen LogP contribution in [0.25, 0.3) is 0 Å². The lowest BCUT2D eigenvalue weighted by Crippen LogP contribution is -2.14. The summed E-state index contributed by atoms with van der Waals surface area (Å²) in [6, 6.07) is 2.04. The number of unbranched alkanes of at least 4 members (excludes halogenated alkanes) is 4. The zero-order valence-electron chi connectivity index (χ0n) is 17.6. The van der Waals surface area contributed by atoms with E-state index in [1.807, 2.05) is 18.2 Å². The van der Waals surface area contributed by atoms with Crippen LogP contribution < -0.4 is 0 Å². The predicted octanol–water partition coefficient (Wildman–Crippen LogP) is 8.15. The van der Waals surface area contributed by atoms with E-state index in [0.717, 1.165) is 17.8 Å². The Morgan fingerprint density at radius 1 is 0.704 bits per heavy atom. The first-order chi connectivity index (χ1) is 13.3. The lowest BCUT2D eigenvalue weighted by molar-refractivity contribution is 0.287. The van der Waals surface area contributed by atoms with Crippen LogP contribution in [0, 0.1) is 35.0 Å². The van der Waals surface area contributed by atoms with E-state index in [-0.39, 0.29) is 0 Å². The molecule has 0 aromatic carbocycles. The largest absolute Gasteiger partial charge is 0.193 e. The van der Waals surface area contributed by atoms with Gasteiger partial charge in [0.05, 0.1) is 6.07 Å². The maximum Gasteiger partial charge on any atom is 0.0912 e. The summed E-state index contributed by atoms with van der Waals surface area (Å²) in [7, 11) is 0. The minimum absolute atomic E-state index is 0.714. The first-order valence-corrected chi connectivity index (χ1v) is 11.7. The molecular formula is C26H41N. The summed E-state index contributed by atoms with van der Waals surface area (Å²) in [6.07, 6.45) is 32.6. The van der Waals surface area contributed by atoms with Crippen molar-refractivity contribution in [1.29, 1.82) is 5.26 Å². The van der Waals surface area contributed by atoms with E-state index in [1.165, 1.54) is 89.9 Å². The zero-order chi connectivity index (χ0) is 19.2. The van der Waals surface area contributed by atoms with Gasteiger partial charge in [0.25, 0.3) is 0 Å². The number of nitrogens with zero attached hydrogens (tertiary/aromatic N) is 1. The first-order valence-electron chi connectivity index (χ1n) is 11.7. The Bertz CT molecular complexity index is 491. The van der Waals surface area contributed by atoms with Crippen LogP contribution in [0.3, 0.4) is 0 Å². The van der Waals surface area contributed by atoms with Gasteiger partial charge in [0, 0.05) is 6.08 Å². The van der Waals surface area contributed by atoms with E-state index in [9.17, 15) is 0 Å². The Balaban J connectivity index is 1.57. The van der Waals surface area contributed by atoms with Crippen LogP contribution in [0.1, 0.15) is 96.8 Å². The summed E-state index contributed by atoms with van der Waals surface area (Å²) in [5.74, 6) is 3.40. The lowest BCUT2D eigenvalue weighted by atomic mass is 9.78. The highest BCUT2D eigenvalue weighted by Crippen LogP contribution is 2.35. The van der Waals surface area contributed by atoms with Crippen LogP contribution in [-0.4, -0.2) is 0 Å². The van der Waals surface area contributed by atoms with E-state index in [0.29, 0.717) is 5.92 Å². The molecule has 0 atom stereocenters. The van der Waals surface area contributed by atoms with Crippen LogP contribution in [-0.2, 0) is 0 Å². The molecule has 0 unspecified atom stereocenters. The Labute approximate surface area is 168 Å². The van der Waals surface area contributed by atoms with Gasteiger partial charge >= 0.3 is 0 Å². The molecule has 2 rings (SSSR count). The smallest absolute Gasteiger partial charge is 0.0912 e. The second-order valence-electron chi connectivity index (χ2n) is 8.92. The quantitative estimate of drug-likeness (QED) is 0.165. The van der Waals surface area contributed by atoms with Gasteiger partial charge in [-0.1, -0.05) is 75.8 Å². The highest BCUT2D eigenvalue weighted by atomic mass is 14.3.